The summed E-state index contributed by atoms with van der Waals surface area (Å²) in [4.78, 5) is 25.1. The Bertz CT molecular complexity index is 911. The lowest BCUT2D eigenvalue weighted by atomic mass is 9.97. The molecule has 0 amide bonds. The maximum atomic E-state index is 12.6. The van der Waals surface area contributed by atoms with Crippen molar-refractivity contribution in [3.63, 3.8) is 0 Å². The minimum atomic E-state index is -2.35. The van der Waals surface area contributed by atoms with E-state index < -0.39 is 24.3 Å². The van der Waals surface area contributed by atoms with Crippen molar-refractivity contribution < 1.29 is 33.6 Å². The number of carbonyl (C=O) groups excluding carboxylic acids is 2. The number of aliphatic hydroxyl groups excluding tert-OH is 1. The number of esters is 2. The predicted molar refractivity (Wildman–Crippen MR) is 102 cm³/mol. The zero-order chi connectivity index (χ0) is 20.4. The van der Waals surface area contributed by atoms with Gasteiger partial charge in [0.25, 0.3) is 0 Å². The van der Waals surface area contributed by atoms with Crippen LogP contribution < -0.4 is 9.47 Å². The van der Waals surface area contributed by atoms with E-state index in [1.54, 1.807) is 30.3 Å². The topological polar surface area (TPSA) is 91.3 Å². The Labute approximate surface area is 168 Å². The van der Waals surface area contributed by atoms with Crippen molar-refractivity contribution in [2.75, 3.05) is 13.7 Å². The highest BCUT2D eigenvalue weighted by molar-refractivity contribution is 5.92. The summed E-state index contributed by atoms with van der Waals surface area (Å²) < 4.78 is 22.0. The normalized spacial score (nSPS) is 21.3. The van der Waals surface area contributed by atoms with Gasteiger partial charge in [-0.05, 0) is 37.5 Å². The molecule has 29 heavy (non-hydrogen) atoms. The lowest BCUT2D eigenvalue weighted by Gasteiger charge is -2.29. The summed E-state index contributed by atoms with van der Waals surface area (Å²) in [6.45, 7) is -0.922. The van der Waals surface area contributed by atoms with Crippen LogP contribution in [0.3, 0.4) is 0 Å². The van der Waals surface area contributed by atoms with Gasteiger partial charge in [-0.3, -0.25) is 0 Å². The molecule has 1 aliphatic carbocycles. The number of carbonyl (C=O) groups is 2. The van der Waals surface area contributed by atoms with Crippen molar-refractivity contribution in [1.29, 1.82) is 0 Å². The van der Waals surface area contributed by atoms with Gasteiger partial charge in [-0.1, -0.05) is 30.3 Å². The molecule has 2 aliphatic rings. The minimum absolute atomic E-state index is 0.0725. The van der Waals surface area contributed by atoms with Crippen LogP contribution in [0.1, 0.15) is 41.1 Å². The second kappa shape index (κ2) is 7.75. The zero-order valence-corrected chi connectivity index (χ0v) is 16.0. The van der Waals surface area contributed by atoms with Gasteiger partial charge in [-0.2, -0.15) is 0 Å². The predicted octanol–water partition coefficient (Wildman–Crippen LogP) is 2.81. The first-order valence-electron chi connectivity index (χ1n) is 9.54. The smallest absolute Gasteiger partial charge is 0.395 e. The van der Waals surface area contributed by atoms with Gasteiger partial charge in [0.2, 0.25) is 0 Å². The Balaban J connectivity index is 1.66. The van der Waals surface area contributed by atoms with E-state index in [9.17, 15) is 14.7 Å². The number of para-hydroxylation sites is 1. The lowest BCUT2D eigenvalue weighted by Crippen LogP contribution is -2.52. The number of fused-ring (bicyclic) bond motifs is 3. The van der Waals surface area contributed by atoms with Crippen molar-refractivity contribution in [3.05, 3.63) is 59.7 Å². The van der Waals surface area contributed by atoms with E-state index in [1.165, 1.54) is 12.1 Å². The highest BCUT2D eigenvalue weighted by atomic mass is 16.8. The molecule has 1 saturated carbocycles. The first-order valence-corrected chi connectivity index (χ1v) is 9.54. The van der Waals surface area contributed by atoms with Gasteiger partial charge in [-0.25, -0.2) is 9.59 Å². The van der Waals surface area contributed by atoms with Crippen LogP contribution in [0.5, 0.6) is 11.5 Å². The Kier molecular flexibility index (Phi) is 5.15. The molecule has 4 rings (SSSR count). The van der Waals surface area contributed by atoms with E-state index in [-0.39, 0.29) is 23.3 Å². The number of rotatable bonds is 6. The molecule has 2 aromatic rings. The number of hydrogen-bond donors (Lipinski definition) is 1. The van der Waals surface area contributed by atoms with Gasteiger partial charge in [0.1, 0.15) is 12.7 Å². The molecule has 7 nitrogen and oxygen atoms in total. The maximum Gasteiger partial charge on any atom is 0.395 e. The van der Waals surface area contributed by atoms with Crippen LogP contribution >= 0.6 is 0 Å². The third-order valence-corrected chi connectivity index (χ3v) is 5.38. The van der Waals surface area contributed by atoms with Crippen molar-refractivity contribution in [1.82, 2.24) is 0 Å². The molecule has 152 valence electrons. The molecular weight excluding hydrogens is 376 g/mol. The Morgan fingerprint density at radius 1 is 1.14 bits per heavy atom. The van der Waals surface area contributed by atoms with Gasteiger partial charge in [0, 0.05) is 11.5 Å². The molecule has 3 atom stereocenters. The summed E-state index contributed by atoms with van der Waals surface area (Å²) in [5.41, 5.74) is 1.21. The Morgan fingerprint density at radius 2 is 1.93 bits per heavy atom. The van der Waals surface area contributed by atoms with Crippen LogP contribution in [-0.4, -0.2) is 42.7 Å². The molecule has 1 heterocycles. The molecule has 0 aromatic heterocycles. The third kappa shape index (κ3) is 3.42. The van der Waals surface area contributed by atoms with Gasteiger partial charge in [0.05, 0.1) is 12.7 Å². The van der Waals surface area contributed by atoms with Crippen molar-refractivity contribution in [3.8, 4) is 11.5 Å². The molecule has 0 saturated heterocycles. The standard InChI is InChI=1S/C22H22O7/c1-26-21(25)22(13-23,29-20(24)14-7-3-2-4-8-14)28-18-12-6-10-16-15-9-5-11-17(15)27-19(16)18/h2-4,6-8,10,12,15,17,23H,5,9,11,13H2,1H3/t15?,17?,22-/m1/s1. The van der Waals surface area contributed by atoms with Crippen LogP contribution in [0.2, 0.25) is 0 Å². The molecule has 2 aromatic carbocycles. The summed E-state index contributed by atoms with van der Waals surface area (Å²) in [7, 11) is 1.13. The highest BCUT2D eigenvalue weighted by Gasteiger charge is 2.49. The van der Waals surface area contributed by atoms with Gasteiger partial charge in [0.15, 0.2) is 11.5 Å². The molecular formula is C22H22O7. The van der Waals surface area contributed by atoms with E-state index in [4.69, 9.17) is 18.9 Å². The summed E-state index contributed by atoms with van der Waals surface area (Å²) >= 11 is 0. The molecule has 2 unspecified atom stereocenters. The first-order chi connectivity index (χ1) is 14.1. The van der Waals surface area contributed by atoms with Crippen LogP contribution in [0.4, 0.5) is 0 Å². The monoisotopic (exact) mass is 398 g/mol. The van der Waals surface area contributed by atoms with Gasteiger partial charge in [-0.15, -0.1) is 0 Å². The summed E-state index contributed by atoms with van der Waals surface area (Å²) in [6.07, 6.45) is 3.14. The average Bonchev–Trinajstić information content (AvgIpc) is 3.35. The molecule has 1 aliphatic heterocycles. The van der Waals surface area contributed by atoms with E-state index in [1.807, 2.05) is 6.07 Å². The number of hydrogen-bond acceptors (Lipinski definition) is 7. The molecule has 0 radical (unpaired) electrons. The Hall–Kier alpha value is -3.06. The largest absolute Gasteiger partial charge is 0.486 e. The maximum absolute atomic E-state index is 12.6. The quantitative estimate of drug-likeness (QED) is 0.591. The van der Waals surface area contributed by atoms with Gasteiger partial charge < -0.3 is 24.1 Å². The van der Waals surface area contributed by atoms with E-state index >= 15 is 0 Å². The number of benzene rings is 2. The first kappa shape index (κ1) is 19.3. The third-order valence-electron chi connectivity index (χ3n) is 5.38. The van der Waals surface area contributed by atoms with E-state index in [0.717, 1.165) is 31.9 Å². The molecule has 7 heteroatoms. The summed E-state index contributed by atoms with van der Waals surface area (Å²) in [5.74, 6) is -3.19. The SMILES string of the molecule is COC(=O)[C@@](CO)(OC(=O)c1ccccc1)Oc1cccc2c1OC1CCCC21. The fraction of sp³-hybridized carbons (Fsp3) is 0.364. The second-order valence-electron chi connectivity index (χ2n) is 7.13. The fourth-order valence-corrected chi connectivity index (χ4v) is 3.95. The molecule has 0 bridgehead atoms. The molecule has 1 fully saturated rings. The lowest BCUT2D eigenvalue weighted by molar-refractivity contribution is -0.208. The molecule has 1 N–H and O–H groups in total. The van der Waals surface area contributed by atoms with Crippen LogP contribution in [-0.2, 0) is 14.3 Å². The zero-order valence-electron chi connectivity index (χ0n) is 16.0. The van der Waals surface area contributed by atoms with Gasteiger partial charge >= 0.3 is 17.7 Å². The number of aliphatic hydroxyl groups is 1. The van der Waals surface area contributed by atoms with E-state index in [0.29, 0.717) is 5.75 Å². The minimum Gasteiger partial charge on any atom is -0.486 e. The van der Waals surface area contributed by atoms with Crippen molar-refractivity contribution in [2.45, 2.75) is 37.1 Å². The van der Waals surface area contributed by atoms with Crippen molar-refractivity contribution in [2.24, 2.45) is 0 Å². The Morgan fingerprint density at radius 3 is 2.66 bits per heavy atom. The average molecular weight is 398 g/mol. The summed E-state index contributed by atoms with van der Waals surface area (Å²) in [5, 5.41) is 10.0. The van der Waals surface area contributed by atoms with Crippen LogP contribution in [0.25, 0.3) is 0 Å². The molecule has 0 spiro atoms. The number of methoxy groups -OCH3 is 1. The van der Waals surface area contributed by atoms with Crippen molar-refractivity contribution >= 4 is 11.9 Å². The number of ether oxygens (including phenoxy) is 4. The summed E-state index contributed by atoms with van der Waals surface area (Å²) in [6, 6.07) is 13.5. The van der Waals surface area contributed by atoms with Crippen LogP contribution in [0.15, 0.2) is 48.5 Å². The fourth-order valence-electron chi connectivity index (χ4n) is 3.95. The van der Waals surface area contributed by atoms with E-state index in [2.05, 4.69) is 0 Å². The second-order valence-corrected chi connectivity index (χ2v) is 7.13. The van der Waals surface area contributed by atoms with Crippen LogP contribution in [0, 0.1) is 0 Å². The highest BCUT2D eigenvalue weighted by Crippen LogP contribution is 2.51.